The maximum absolute atomic E-state index is 12.9. The summed E-state index contributed by atoms with van der Waals surface area (Å²) in [7, 11) is -4.22. The molecular weight excluding hydrogens is 277 g/mol. The second-order valence-electron chi connectivity index (χ2n) is 2.58. The molecule has 0 aliphatic rings. The van der Waals surface area contributed by atoms with Gasteiger partial charge in [-0.05, 0) is 17.7 Å². The van der Waals surface area contributed by atoms with Crippen molar-refractivity contribution in [3.05, 3.63) is 33.6 Å². The van der Waals surface area contributed by atoms with Gasteiger partial charge in [0.2, 0.25) is 0 Å². The Hall–Kier alpha value is 0.640. The topological polar surface area (TPSA) is 54.4 Å². The van der Waals surface area contributed by atoms with Gasteiger partial charge in [-0.1, -0.05) is 23.2 Å². The summed E-state index contributed by atoms with van der Waals surface area (Å²) in [6, 6.07) is 1.96. The summed E-state index contributed by atoms with van der Waals surface area (Å²) in [5.41, 5.74) is -0.0314. The molecule has 0 unspecified atom stereocenters. The van der Waals surface area contributed by atoms with Gasteiger partial charge >= 0.3 is 0 Å². The van der Waals surface area contributed by atoms with Crippen LogP contribution in [0.4, 0.5) is 4.39 Å². The van der Waals surface area contributed by atoms with E-state index >= 15 is 0 Å². The van der Waals surface area contributed by atoms with E-state index in [0.29, 0.717) is 0 Å². The Kier molecular flexibility index (Phi) is 6.06. The van der Waals surface area contributed by atoms with Crippen molar-refractivity contribution < 1.29 is 17.4 Å². The van der Waals surface area contributed by atoms with Gasteiger partial charge in [0.1, 0.15) is 11.6 Å². The SMILES string of the molecule is O=S(=O)(O)Cc1cc(F)c(Cl)cc1Cl.[Na]. The minimum atomic E-state index is -4.22. The minimum Gasteiger partial charge on any atom is -0.285 e. The molecule has 0 saturated heterocycles. The van der Waals surface area contributed by atoms with Gasteiger partial charge in [-0.3, -0.25) is 4.55 Å². The van der Waals surface area contributed by atoms with Crippen molar-refractivity contribution in [3.63, 3.8) is 0 Å². The summed E-state index contributed by atoms with van der Waals surface area (Å²) in [5, 5.41) is -0.205. The molecular formula is C7H5Cl2FNaO3S. The Morgan fingerprint density at radius 3 is 2.27 bits per heavy atom. The molecule has 0 atom stereocenters. The molecule has 0 aliphatic carbocycles. The summed E-state index contributed by atoms with van der Waals surface area (Å²) in [5.74, 6) is -1.52. The molecule has 0 amide bonds. The Morgan fingerprint density at radius 2 is 1.80 bits per heavy atom. The molecule has 0 spiro atoms. The van der Waals surface area contributed by atoms with Crippen molar-refractivity contribution in [1.82, 2.24) is 0 Å². The standard InChI is InChI=1S/C7H5Cl2FO3S.Na/c8-5-2-6(9)7(10)1-4(5)3-14(11,12)13;/h1-2H,3H2,(H,11,12,13);. The largest absolute Gasteiger partial charge is 0.285 e. The normalized spacial score (nSPS) is 10.9. The zero-order chi connectivity index (χ0) is 10.9. The number of rotatable bonds is 2. The van der Waals surface area contributed by atoms with Gasteiger partial charge in [0.25, 0.3) is 10.1 Å². The van der Waals surface area contributed by atoms with Crippen molar-refractivity contribution in [2.24, 2.45) is 0 Å². The summed E-state index contributed by atoms with van der Waals surface area (Å²) < 4.78 is 42.4. The van der Waals surface area contributed by atoms with E-state index in [-0.39, 0.29) is 45.2 Å². The summed E-state index contributed by atoms with van der Waals surface area (Å²) in [6.45, 7) is 0. The third-order valence-corrected chi connectivity index (χ3v) is 2.74. The van der Waals surface area contributed by atoms with Gasteiger partial charge in [0.05, 0.1) is 5.02 Å². The third kappa shape index (κ3) is 4.99. The second kappa shape index (κ2) is 5.82. The van der Waals surface area contributed by atoms with Crippen molar-refractivity contribution in [2.75, 3.05) is 0 Å². The van der Waals surface area contributed by atoms with Crippen LogP contribution < -0.4 is 0 Å². The molecule has 8 heteroatoms. The first-order valence-corrected chi connectivity index (χ1v) is 5.74. The molecule has 1 N–H and O–H groups in total. The zero-order valence-corrected chi connectivity index (χ0v) is 12.0. The van der Waals surface area contributed by atoms with Crippen LogP contribution in [-0.2, 0) is 15.9 Å². The first-order valence-electron chi connectivity index (χ1n) is 3.38. The van der Waals surface area contributed by atoms with E-state index in [9.17, 15) is 12.8 Å². The van der Waals surface area contributed by atoms with E-state index in [1.54, 1.807) is 0 Å². The maximum atomic E-state index is 12.9. The number of hydrogen-bond acceptors (Lipinski definition) is 2. The molecule has 1 radical (unpaired) electrons. The van der Waals surface area contributed by atoms with Crippen molar-refractivity contribution >= 4 is 62.9 Å². The van der Waals surface area contributed by atoms with Crippen LogP contribution in [0.3, 0.4) is 0 Å². The third-order valence-electron chi connectivity index (χ3n) is 1.43. The van der Waals surface area contributed by atoms with Crippen LogP contribution in [0.5, 0.6) is 0 Å². The van der Waals surface area contributed by atoms with Gasteiger partial charge in [-0.15, -0.1) is 0 Å². The Balaban J connectivity index is 0.00000196. The fourth-order valence-corrected chi connectivity index (χ4v) is 2.03. The second-order valence-corrected chi connectivity index (χ2v) is 4.85. The molecule has 0 aliphatic heterocycles. The predicted molar refractivity (Wildman–Crippen MR) is 57.4 cm³/mol. The van der Waals surface area contributed by atoms with Gasteiger partial charge in [0, 0.05) is 34.6 Å². The van der Waals surface area contributed by atoms with Gasteiger partial charge in [-0.2, -0.15) is 8.42 Å². The smallest absolute Gasteiger partial charge is 0.269 e. The van der Waals surface area contributed by atoms with E-state index in [4.69, 9.17) is 27.8 Å². The molecule has 79 valence electrons. The number of benzene rings is 1. The average Bonchev–Trinajstić information content (AvgIpc) is 1.97. The maximum Gasteiger partial charge on any atom is 0.269 e. The van der Waals surface area contributed by atoms with Crippen LogP contribution in [0.2, 0.25) is 10.0 Å². The monoisotopic (exact) mass is 281 g/mol. The van der Waals surface area contributed by atoms with Crippen LogP contribution >= 0.6 is 23.2 Å². The van der Waals surface area contributed by atoms with Gasteiger partial charge < -0.3 is 0 Å². The van der Waals surface area contributed by atoms with E-state index < -0.39 is 21.7 Å². The summed E-state index contributed by atoms with van der Waals surface area (Å²) in [4.78, 5) is 0. The molecule has 0 aromatic heterocycles. The Labute approximate surface area is 119 Å². The molecule has 1 aromatic carbocycles. The molecule has 0 fully saturated rings. The van der Waals surface area contributed by atoms with E-state index in [1.807, 2.05) is 0 Å². The molecule has 3 nitrogen and oxygen atoms in total. The average molecular weight is 282 g/mol. The zero-order valence-electron chi connectivity index (χ0n) is 7.67. The van der Waals surface area contributed by atoms with Crippen LogP contribution in [0.25, 0.3) is 0 Å². The summed E-state index contributed by atoms with van der Waals surface area (Å²) >= 11 is 11.0. The molecule has 0 heterocycles. The molecule has 1 rings (SSSR count). The summed E-state index contributed by atoms with van der Waals surface area (Å²) in [6.07, 6.45) is 0. The fourth-order valence-electron chi connectivity index (χ4n) is 0.871. The quantitative estimate of drug-likeness (QED) is 0.513. The van der Waals surface area contributed by atoms with Crippen LogP contribution in [0.1, 0.15) is 5.56 Å². The van der Waals surface area contributed by atoms with Crippen molar-refractivity contribution in [3.8, 4) is 0 Å². The first kappa shape index (κ1) is 15.6. The fraction of sp³-hybridized carbons (Fsp3) is 0.143. The Morgan fingerprint density at radius 1 is 1.27 bits per heavy atom. The molecule has 0 bridgehead atoms. The van der Waals surface area contributed by atoms with Gasteiger partial charge in [-0.25, -0.2) is 4.39 Å². The van der Waals surface area contributed by atoms with Crippen LogP contribution in [0, 0.1) is 5.82 Å². The molecule has 15 heavy (non-hydrogen) atoms. The van der Waals surface area contributed by atoms with E-state index in [1.165, 1.54) is 0 Å². The van der Waals surface area contributed by atoms with Crippen LogP contribution in [0.15, 0.2) is 12.1 Å². The molecule has 1 aromatic rings. The van der Waals surface area contributed by atoms with Crippen molar-refractivity contribution in [1.29, 1.82) is 0 Å². The van der Waals surface area contributed by atoms with Crippen LogP contribution in [-0.4, -0.2) is 42.5 Å². The van der Waals surface area contributed by atoms with E-state index in [2.05, 4.69) is 0 Å². The number of halogens is 3. The minimum absolute atomic E-state index is 0. The number of hydrogen-bond donors (Lipinski definition) is 1. The first-order chi connectivity index (χ1) is 6.29. The van der Waals surface area contributed by atoms with E-state index in [0.717, 1.165) is 12.1 Å². The van der Waals surface area contributed by atoms with Crippen molar-refractivity contribution in [2.45, 2.75) is 5.75 Å². The Bertz CT molecular complexity index is 464. The predicted octanol–water partition coefficient (Wildman–Crippen LogP) is 2.14. The van der Waals surface area contributed by atoms with Gasteiger partial charge in [0.15, 0.2) is 0 Å². The molecule has 0 saturated carbocycles.